The van der Waals surface area contributed by atoms with Crippen molar-refractivity contribution in [3.63, 3.8) is 0 Å². The fourth-order valence-electron chi connectivity index (χ4n) is 1.19. The van der Waals surface area contributed by atoms with Gasteiger partial charge in [0.25, 0.3) is 0 Å². The maximum atomic E-state index is 10.6. The van der Waals surface area contributed by atoms with Crippen molar-refractivity contribution >= 4 is 17.7 Å². The number of carboxylic acid groups (broad SMARTS) is 1. The summed E-state index contributed by atoms with van der Waals surface area (Å²) in [5.41, 5.74) is 0.727. The Morgan fingerprint density at radius 1 is 1.38 bits per heavy atom. The highest BCUT2D eigenvalue weighted by molar-refractivity contribution is 7.99. The van der Waals surface area contributed by atoms with E-state index >= 15 is 0 Å². The quantitative estimate of drug-likeness (QED) is 0.642. The number of hydrogen-bond donors (Lipinski definition) is 3. The van der Waals surface area contributed by atoms with Crippen molar-refractivity contribution in [3.8, 4) is 0 Å². The zero-order valence-electron chi connectivity index (χ0n) is 8.67. The predicted molar refractivity (Wildman–Crippen MR) is 61.6 cm³/mol. The normalized spacial score (nSPS) is 12.4. The minimum Gasteiger partial charge on any atom is -0.481 e. The topological polar surface area (TPSA) is 77.8 Å². The van der Waals surface area contributed by atoms with Gasteiger partial charge in [-0.15, -0.1) is 11.8 Å². The van der Waals surface area contributed by atoms with Gasteiger partial charge in [-0.1, -0.05) is 18.2 Å². The maximum Gasteiger partial charge on any atom is 0.307 e. The maximum absolute atomic E-state index is 10.6. The molecule has 88 valence electrons. The van der Waals surface area contributed by atoms with Crippen molar-refractivity contribution in [2.75, 3.05) is 12.4 Å². The van der Waals surface area contributed by atoms with Crippen molar-refractivity contribution in [3.05, 3.63) is 29.8 Å². The van der Waals surface area contributed by atoms with E-state index in [1.807, 2.05) is 12.1 Å². The minimum atomic E-state index is -0.879. The third kappa shape index (κ3) is 4.22. The lowest BCUT2D eigenvalue weighted by Crippen LogP contribution is -2.14. The lowest BCUT2D eigenvalue weighted by Gasteiger charge is -2.09. The second-order valence-corrected chi connectivity index (χ2v) is 4.39. The number of hydrogen-bond acceptors (Lipinski definition) is 4. The molecule has 16 heavy (non-hydrogen) atoms. The standard InChI is InChI=1S/C11H14O4S/c12-6-9(13)7-16-10-4-2-1-3-8(10)5-11(14)15/h1-4,9,12-13H,5-7H2,(H,14,15). The van der Waals surface area contributed by atoms with E-state index in [0.29, 0.717) is 5.75 Å². The summed E-state index contributed by atoms with van der Waals surface area (Å²) in [6.07, 6.45) is -0.804. The highest BCUT2D eigenvalue weighted by atomic mass is 32.2. The first-order valence-corrected chi connectivity index (χ1v) is 5.83. The number of aliphatic hydroxyl groups excluding tert-OH is 2. The fraction of sp³-hybridized carbons (Fsp3) is 0.364. The van der Waals surface area contributed by atoms with Gasteiger partial charge in [-0.05, 0) is 11.6 Å². The molecule has 0 aliphatic rings. The number of thioether (sulfide) groups is 1. The molecule has 0 heterocycles. The fourth-order valence-corrected chi connectivity index (χ4v) is 2.17. The predicted octanol–water partition coefficient (Wildman–Crippen LogP) is 0.759. The Bertz CT molecular complexity index is 354. The molecule has 0 saturated carbocycles. The van der Waals surface area contributed by atoms with Crippen LogP contribution in [0.15, 0.2) is 29.2 Å². The molecule has 0 saturated heterocycles. The van der Waals surface area contributed by atoms with Crippen LogP contribution in [-0.4, -0.2) is 39.8 Å². The Morgan fingerprint density at radius 2 is 2.06 bits per heavy atom. The largest absolute Gasteiger partial charge is 0.481 e. The summed E-state index contributed by atoms with van der Waals surface area (Å²) in [5, 5.41) is 26.6. The van der Waals surface area contributed by atoms with Crippen molar-refractivity contribution in [2.45, 2.75) is 17.4 Å². The van der Waals surface area contributed by atoms with Gasteiger partial charge in [-0.2, -0.15) is 0 Å². The smallest absolute Gasteiger partial charge is 0.307 e. The Hall–Kier alpha value is -1.04. The third-order valence-corrected chi connectivity index (χ3v) is 3.22. The Labute approximate surface area is 97.9 Å². The molecule has 0 bridgehead atoms. The molecule has 0 fully saturated rings. The van der Waals surface area contributed by atoms with Crippen molar-refractivity contribution in [1.82, 2.24) is 0 Å². The summed E-state index contributed by atoms with van der Waals surface area (Å²) in [5.74, 6) is -0.525. The van der Waals surface area contributed by atoms with Crippen LogP contribution in [0, 0.1) is 0 Å². The third-order valence-electron chi connectivity index (χ3n) is 1.96. The molecule has 5 heteroatoms. The second-order valence-electron chi connectivity index (χ2n) is 3.33. The van der Waals surface area contributed by atoms with E-state index in [1.165, 1.54) is 11.8 Å². The van der Waals surface area contributed by atoms with Crippen LogP contribution >= 0.6 is 11.8 Å². The molecule has 0 aliphatic carbocycles. The lowest BCUT2D eigenvalue weighted by atomic mass is 10.1. The van der Waals surface area contributed by atoms with Gasteiger partial charge in [-0.3, -0.25) is 4.79 Å². The van der Waals surface area contributed by atoms with Gasteiger partial charge in [0.15, 0.2) is 0 Å². The summed E-state index contributed by atoms with van der Waals surface area (Å²) in [6, 6.07) is 7.17. The summed E-state index contributed by atoms with van der Waals surface area (Å²) in [6.45, 7) is -0.284. The van der Waals surface area contributed by atoms with E-state index in [-0.39, 0.29) is 13.0 Å². The minimum absolute atomic E-state index is 0.0294. The first-order chi connectivity index (χ1) is 7.63. The van der Waals surface area contributed by atoms with Gasteiger partial charge >= 0.3 is 5.97 Å². The molecule has 3 N–H and O–H groups in total. The van der Waals surface area contributed by atoms with Crippen LogP contribution in [-0.2, 0) is 11.2 Å². The SMILES string of the molecule is O=C(O)Cc1ccccc1SCC(O)CO. The number of aliphatic hydroxyl groups is 2. The molecular weight excluding hydrogens is 228 g/mol. The summed E-state index contributed by atoms with van der Waals surface area (Å²) >= 11 is 1.35. The zero-order valence-corrected chi connectivity index (χ0v) is 9.48. The van der Waals surface area contributed by atoms with Crippen molar-refractivity contribution < 1.29 is 20.1 Å². The van der Waals surface area contributed by atoms with Gasteiger partial charge in [-0.25, -0.2) is 0 Å². The number of carbonyl (C=O) groups is 1. The van der Waals surface area contributed by atoms with Gasteiger partial charge in [0.2, 0.25) is 0 Å². The van der Waals surface area contributed by atoms with Gasteiger partial charge < -0.3 is 15.3 Å². The van der Waals surface area contributed by atoms with Crippen LogP contribution in [0.2, 0.25) is 0 Å². The molecule has 1 aromatic rings. The molecule has 0 amide bonds. The number of carboxylic acids is 1. The zero-order chi connectivity index (χ0) is 12.0. The molecule has 0 radical (unpaired) electrons. The summed E-state index contributed by atoms with van der Waals surface area (Å²) in [7, 11) is 0. The molecule has 0 spiro atoms. The van der Waals surface area contributed by atoms with E-state index in [0.717, 1.165) is 10.5 Å². The average Bonchev–Trinajstić information content (AvgIpc) is 2.26. The summed E-state index contributed by atoms with van der Waals surface area (Å²) < 4.78 is 0. The van der Waals surface area contributed by atoms with Gasteiger partial charge in [0.1, 0.15) is 0 Å². The summed E-state index contributed by atoms with van der Waals surface area (Å²) in [4.78, 5) is 11.4. The molecule has 4 nitrogen and oxygen atoms in total. The molecule has 0 aliphatic heterocycles. The highest BCUT2D eigenvalue weighted by Gasteiger charge is 2.08. The molecule has 1 rings (SSSR count). The van der Waals surface area contributed by atoms with E-state index in [2.05, 4.69) is 0 Å². The second kappa shape index (κ2) is 6.52. The van der Waals surface area contributed by atoms with Crippen molar-refractivity contribution in [2.24, 2.45) is 0 Å². The van der Waals surface area contributed by atoms with E-state index in [4.69, 9.17) is 10.2 Å². The van der Waals surface area contributed by atoms with Gasteiger partial charge in [0, 0.05) is 10.6 Å². The van der Waals surface area contributed by atoms with Crippen LogP contribution in [0.1, 0.15) is 5.56 Å². The molecular formula is C11H14O4S. The molecule has 0 aromatic heterocycles. The van der Waals surface area contributed by atoms with Crippen molar-refractivity contribution in [1.29, 1.82) is 0 Å². The van der Waals surface area contributed by atoms with Crippen LogP contribution in [0.4, 0.5) is 0 Å². The van der Waals surface area contributed by atoms with E-state index in [9.17, 15) is 9.90 Å². The number of rotatable bonds is 6. The van der Waals surface area contributed by atoms with Crippen LogP contribution < -0.4 is 0 Å². The number of benzene rings is 1. The van der Waals surface area contributed by atoms with E-state index in [1.54, 1.807) is 12.1 Å². The lowest BCUT2D eigenvalue weighted by molar-refractivity contribution is -0.136. The first kappa shape index (κ1) is 13.0. The Balaban J connectivity index is 2.67. The van der Waals surface area contributed by atoms with Crippen LogP contribution in [0.25, 0.3) is 0 Å². The Kier molecular flexibility index (Phi) is 5.31. The average molecular weight is 242 g/mol. The first-order valence-electron chi connectivity index (χ1n) is 4.85. The molecule has 1 aromatic carbocycles. The monoisotopic (exact) mass is 242 g/mol. The number of aliphatic carboxylic acids is 1. The van der Waals surface area contributed by atoms with Crippen LogP contribution in [0.3, 0.4) is 0 Å². The molecule has 1 atom stereocenters. The van der Waals surface area contributed by atoms with Crippen LogP contribution in [0.5, 0.6) is 0 Å². The highest BCUT2D eigenvalue weighted by Crippen LogP contribution is 2.23. The Morgan fingerprint density at radius 3 is 2.69 bits per heavy atom. The molecule has 1 unspecified atom stereocenters. The van der Waals surface area contributed by atoms with E-state index < -0.39 is 12.1 Å². The van der Waals surface area contributed by atoms with Gasteiger partial charge in [0.05, 0.1) is 19.1 Å².